The lowest BCUT2D eigenvalue weighted by Gasteiger charge is -2.19. The normalized spacial score (nSPS) is 19.7. The third kappa shape index (κ3) is 3.30. The average molecular weight is 447 g/mol. The highest BCUT2D eigenvalue weighted by Gasteiger charge is 2.36. The first kappa shape index (κ1) is 20.5. The van der Waals surface area contributed by atoms with Crippen LogP contribution >= 0.6 is 12.4 Å². The summed E-state index contributed by atoms with van der Waals surface area (Å²) in [5.41, 5.74) is 5.26. The number of anilines is 1. The summed E-state index contributed by atoms with van der Waals surface area (Å²) in [5.74, 6) is 2.47. The van der Waals surface area contributed by atoms with E-state index in [1.165, 1.54) is 0 Å². The molecule has 0 radical (unpaired) electrons. The summed E-state index contributed by atoms with van der Waals surface area (Å²) in [6, 6.07) is 8.56. The summed E-state index contributed by atoms with van der Waals surface area (Å²) in [4.78, 5) is 7.18. The summed E-state index contributed by atoms with van der Waals surface area (Å²) in [6.45, 7) is 4.34. The molecular weight excluding hydrogens is 424 g/mol. The Morgan fingerprint density at radius 1 is 1.00 bits per heavy atom. The number of aromatic nitrogens is 5. The molecule has 0 aromatic carbocycles. The fraction of sp³-hybridized carbons (Fsp3) is 0.304. The Kier molecular flexibility index (Phi) is 5.08. The van der Waals surface area contributed by atoms with Gasteiger partial charge in [-0.2, -0.15) is 15.5 Å². The van der Waals surface area contributed by atoms with Crippen LogP contribution in [-0.4, -0.2) is 50.6 Å². The van der Waals surface area contributed by atoms with Crippen LogP contribution in [0, 0.1) is 23.2 Å². The van der Waals surface area contributed by atoms with Crippen LogP contribution in [0.2, 0.25) is 0 Å². The standard InChI is InChI=1S/C23H22N8.ClH/c1-29-11-20(10-27-29)16-4-21(23-17(5-24)9-28-31(23)14-16)15-2-3-22(26-8-15)30-12-18-6-25-7-19(18)13-30;/h2-4,8-11,14,18-19,25H,6-7,12-13H2,1H3;1H/t18-,19+;. The molecule has 6 rings (SSSR count). The number of nitriles is 1. The van der Waals surface area contributed by atoms with E-state index in [0.717, 1.165) is 71.6 Å². The minimum absolute atomic E-state index is 0. The number of hydrogen-bond acceptors (Lipinski definition) is 6. The molecule has 2 aliphatic heterocycles. The molecule has 0 bridgehead atoms. The van der Waals surface area contributed by atoms with Crippen LogP contribution in [0.5, 0.6) is 0 Å². The predicted octanol–water partition coefficient (Wildman–Crippen LogP) is 2.75. The summed E-state index contributed by atoms with van der Waals surface area (Å²) in [7, 11) is 1.90. The zero-order valence-corrected chi connectivity index (χ0v) is 18.5. The second-order valence-electron chi connectivity index (χ2n) is 8.50. The van der Waals surface area contributed by atoms with E-state index in [-0.39, 0.29) is 12.4 Å². The van der Waals surface area contributed by atoms with Crippen LogP contribution in [0.1, 0.15) is 5.56 Å². The molecule has 0 aliphatic carbocycles. The maximum Gasteiger partial charge on any atom is 0.128 e. The first-order valence-corrected chi connectivity index (χ1v) is 10.5. The molecule has 6 heterocycles. The van der Waals surface area contributed by atoms with Gasteiger partial charge in [0.2, 0.25) is 0 Å². The van der Waals surface area contributed by atoms with Crippen LogP contribution in [0.25, 0.3) is 27.8 Å². The highest BCUT2D eigenvalue weighted by molar-refractivity contribution is 5.87. The fourth-order valence-electron chi connectivity index (χ4n) is 4.93. The lowest BCUT2D eigenvalue weighted by atomic mass is 10.0. The third-order valence-electron chi connectivity index (χ3n) is 6.54. The van der Waals surface area contributed by atoms with E-state index in [0.29, 0.717) is 5.56 Å². The van der Waals surface area contributed by atoms with Gasteiger partial charge < -0.3 is 10.2 Å². The Balaban J connectivity index is 0.00000216. The first-order chi connectivity index (χ1) is 15.2. The van der Waals surface area contributed by atoms with Crippen molar-refractivity contribution in [2.24, 2.45) is 18.9 Å². The molecule has 2 saturated heterocycles. The Morgan fingerprint density at radius 3 is 2.47 bits per heavy atom. The van der Waals surface area contributed by atoms with Crippen molar-refractivity contribution in [3.63, 3.8) is 0 Å². The molecular formula is C23H23ClN8. The fourth-order valence-corrected chi connectivity index (χ4v) is 4.93. The maximum absolute atomic E-state index is 9.61. The van der Waals surface area contributed by atoms with Gasteiger partial charge in [0.05, 0.1) is 23.5 Å². The molecule has 9 heteroatoms. The number of halogens is 1. The van der Waals surface area contributed by atoms with Crippen molar-refractivity contribution in [2.75, 3.05) is 31.1 Å². The summed E-state index contributed by atoms with van der Waals surface area (Å²) < 4.78 is 3.55. The zero-order chi connectivity index (χ0) is 20.9. The van der Waals surface area contributed by atoms with Crippen molar-refractivity contribution >= 4 is 23.7 Å². The van der Waals surface area contributed by atoms with Crippen molar-refractivity contribution in [1.82, 2.24) is 29.7 Å². The van der Waals surface area contributed by atoms with E-state index < -0.39 is 0 Å². The molecule has 4 aromatic heterocycles. The SMILES string of the molecule is Cl.Cn1cc(-c2cc(-c3ccc(N4C[C@H]5CNC[C@H]5C4)nc3)c3c(C#N)cnn3c2)cn1. The lowest BCUT2D eigenvalue weighted by Crippen LogP contribution is -2.26. The van der Waals surface area contributed by atoms with Gasteiger partial charge in [0, 0.05) is 74.1 Å². The number of nitrogens with one attached hydrogen (secondary N) is 1. The molecule has 0 amide bonds. The van der Waals surface area contributed by atoms with Crippen LogP contribution < -0.4 is 10.2 Å². The second kappa shape index (κ2) is 7.93. The Labute approximate surface area is 191 Å². The first-order valence-electron chi connectivity index (χ1n) is 10.5. The molecule has 162 valence electrons. The van der Waals surface area contributed by atoms with Crippen LogP contribution in [0.4, 0.5) is 5.82 Å². The minimum atomic E-state index is 0. The van der Waals surface area contributed by atoms with Gasteiger partial charge >= 0.3 is 0 Å². The van der Waals surface area contributed by atoms with E-state index in [4.69, 9.17) is 4.98 Å². The molecule has 0 spiro atoms. The number of nitrogens with zero attached hydrogens (tertiary/aromatic N) is 7. The Hall–Kier alpha value is -3.41. The van der Waals surface area contributed by atoms with Crippen molar-refractivity contribution in [3.05, 3.63) is 54.7 Å². The van der Waals surface area contributed by atoms with Crippen molar-refractivity contribution < 1.29 is 0 Å². The number of fused-ring (bicyclic) bond motifs is 2. The number of pyridine rings is 2. The van der Waals surface area contributed by atoms with Crippen LogP contribution in [0.15, 0.2) is 49.2 Å². The smallest absolute Gasteiger partial charge is 0.128 e. The van der Waals surface area contributed by atoms with E-state index in [1.54, 1.807) is 15.4 Å². The van der Waals surface area contributed by atoms with Crippen molar-refractivity contribution in [2.45, 2.75) is 0 Å². The van der Waals surface area contributed by atoms with E-state index in [1.807, 2.05) is 31.8 Å². The third-order valence-corrected chi connectivity index (χ3v) is 6.54. The lowest BCUT2D eigenvalue weighted by molar-refractivity contribution is 0.533. The van der Waals surface area contributed by atoms with Gasteiger partial charge in [-0.15, -0.1) is 12.4 Å². The quantitative estimate of drug-likeness (QED) is 0.520. The molecule has 2 fully saturated rings. The van der Waals surface area contributed by atoms with E-state index >= 15 is 0 Å². The summed E-state index contributed by atoms with van der Waals surface area (Å²) in [5, 5.41) is 21.8. The molecule has 0 unspecified atom stereocenters. The second-order valence-corrected chi connectivity index (χ2v) is 8.50. The topological polar surface area (TPSA) is 87.1 Å². The monoisotopic (exact) mass is 446 g/mol. The van der Waals surface area contributed by atoms with Gasteiger partial charge in [0.1, 0.15) is 11.9 Å². The Morgan fingerprint density at radius 2 is 1.81 bits per heavy atom. The van der Waals surface area contributed by atoms with Gasteiger partial charge in [0.15, 0.2) is 0 Å². The summed E-state index contributed by atoms with van der Waals surface area (Å²) >= 11 is 0. The van der Waals surface area contributed by atoms with Crippen molar-refractivity contribution in [1.29, 1.82) is 5.26 Å². The molecule has 8 nitrogen and oxygen atoms in total. The van der Waals surface area contributed by atoms with Crippen molar-refractivity contribution in [3.8, 4) is 28.3 Å². The number of hydrogen-bond donors (Lipinski definition) is 1. The predicted molar refractivity (Wildman–Crippen MR) is 125 cm³/mol. The molecule has 0 saturated carbocycles. The van der Waals surface area contributed by atoms with E-state index in [9.17, 15) is 5.26 Å². The molecule has 32 heavy (non-hydrogen) atoms. The molecule has 2 atom stereocenters. The highest BCUT2D eigenvalue weighted by atomic mass is 35.5. The Bertz CT molecular complexity index is 1300. The molecule has 1 N–H and O–H groups in total. The minimum Gasteiger partial charge on any atom is -0.356 e. The molecule has 2 aliphatic rings. The van der Waals surface area contributed by atoms with Gasteiger partial charge in [0.25, 0.3) is 0 Å². The van der Waals surface area contributed by atoms with Gasteiger partial charge in [-0.1, -0.05) is 0 Å². The van der Waals surface area contributed by atoms with E-state index in [2.05, 4.69) is 44.7 Å². The number of rotatable bonds is 3. The van der Waals surface area contributed by atoms with Crippen LogP contribution in [-0.2, 0) is 7.05 Å². The average Bonchev–Trinajstić information content (AvgIpc) is 3.56. The summed E-state index contributed by atoms with van der Waals surface area (Å²) in [6.07, 6.45) is 9.28. The van der Waals surface area contributed by atoms with Crippen LogP contribution in [0.3, 0.4) is 0 Å². The number of aryl methyl sites for hydroxylation is 1. The zero-order valence-electron chi connectivity index (χ0n) is 17.6. The molecule has 4 aromatic rings. The highest BCUT2D eigenvalue weighted by Crippen LogP contribution is 2.34. The largest absolute Gasteiger partial charge is 0.356 e. The van der Waals surface area contributed by atoms with Gasteiger partial charge in [-0.3, -0.25) is 4.68 Å². The van der Waals surface area contributed by atoms with Gasteiger partial charge in [-0.25, -0.2) is 9.50 Å². The maximum atomic E-state index is 9.61. The van der Waals surface area contributed by atoms with Gasteiger partial charge in [-0.05, 0) is 30.0 Å².